The van der Waals surface area contributed by atoms with Crippen molar-refractivity contribution in [1.29, 1.82) is 0 Å². The number of carboxylic acid groups (broad SMARTS) is 1. The largest absolute Gasteiger partial charge is 0.481 e. The van der Waals surface area contributed by atoms with Gasteiger partial charge >= 0.3 is 12.0 Å². The fraction of sp³-hybridized carbons (Fsp3) is 0.867. The Balaban J connectivity index is 1.72. The van der Waals surface area contributed by atoms with Crippen LogP contribution in [-0.4, -0.2) is 54.7 Å². The van der Waals surface area contributed by atoms with Gasteiger partial charge in [-0.3, -0.25) is 4.79 Å². The monoisotopic (exact) mass is 297 g/mol. The van der Waals surface area contributed by atoms with Crippen LogP contribution in [0.5, 0.6) is 0 Å². The molecule has 0 radical (unpaired) electrons. The maximum absolute atomic E-state index is 12.0. The van der Waals surface area contributed by atoms with Gasteiger partial charge in [0.2, 0.25) is 0 Å². The van der Waals surface area contributed by atoms with E-state index in [0.717, 1.165) is 45.2 Å². The van der Waals surface area contributed by atoms with Crippen LogP contribution in [0.3, 0.4) is 0 Å². The molecule has 2 rings (SSSR count). The zero-order valence-electron chi connectivity index (χ0n) is 12.8. The van der Waals surface area contributed by atoms with Crippen molar-refractivity contribution in [3.05, 3.63) is 0 Å². The topological polar surface area (TPSA) is 81.7 Å². The number of hydrogen-bond donors (Lipinski definition) is 3. The number of nitrogens with zero attached hydrogens (tertiary/aromatic N) is 1. The maximum Gasteiger partial charge on any atom is 0.315 e. The second kappa shape index (κ2) is 7.64. The number of carbonyl (C=O) groups excluding carboxylic acids is 1. The summed E-state index contributed by atoms with van der Waals surface area (Å²) in [6, 6.07) is -0.444. The van der Waals surface area contributed by atoms with E-state index in [-0.39, 0.29) is 12.1 Å². The van der Waals surface area contributed by atoms with Crippen molar-refractivity contribution in [1.82, 2.24) is 15.5 Å². The van der Waals surface area contributed by atoms with Crippen molar-refractivity contribution >= 4 is 12.0 Å². The molecule has 1 aliphatic heterocycles. The molecule has 0 aromatic rings. The highest BCUT2D eigenvalue weighted by atomic mass is 16.4. The van der Waals surface area contributed by atoms with Gasteiger partial charge in [0.15, 0.2) is 0 Å². The van der Waals surface area contributed by atoms with E-state index < -0.39 is 11.9 Å². The number of carbonyl (C=O) groups is 2. The standard InChI is InChI=1S/C15H27N3O3/c1-18-8-6-11(7-9-18)10-16-15(21)17-13-5-3-2-4-12(13)14(19)20/h11-13H,2-10H2,1H3,(H,19,20)(H2,16,17,21). The molecule has 3 N–H and O–H groups in total. The van der Waals surface area contributed by atoms with Crippen LogP contribution in [0.4, 0.5) is 4.79 Å². The van der Waals surface area contributed by atoms with Crippen LogP contribution in [0.15, 0.2) is 0 Å². The van der Waals surface area contributed by atoms with Gasteiger partial charge in [0.05, 0.1) is 5.92 Å². The SMILES string of the molecule is CN1CCC(CNC(=O)NC2CCCCC2C(=O)O)CC1. The molecule has 0 spiro atoms. The molecular weight excluding hydrogens is 270 g/mol. The van der Waals surface area contributed by atoms with Crippen LogP contribution in [0.1, 0.15) is 38.5 Å². The Morgan fingerprint density at radius 2 is 1.81 bits per heavy atom. The molecule has 1 aliphatic carbocycles. The first-order valence-corrected chi connectivity index (χ1v) is 8.02. The molecule has 6 nitrogen and oxygen atoms in total. The first kappa shape index (κ1) is 16.1. The summed E-state index contributed by atoms with van der Waals surface area (Å²) < 4.78 is 0. The van der Waals surface area contributed by atoms with Gasteiger partial charge in [-0.1, -0.05) is 12.8 Å². The van der Waals surface area contributed by atoms with E-state index in [1.165, 1.54) is 0 Å². The van der Waals surface area contributed by atoms with Crippen LogP contribution in [-0.2, 0) is 4.79 Å². The molecule has 1 saturated carbocycles. The molecule has 0 aromatic carbocycles. The summed E-state index contributed by atoms with van der Waals surface area (Å²) in [5.41, 5.74) is 0. The molecule has 2 unspecified atom stereocenters. The average Bonchev–Trinajstić information content (AvgIpc) is 2.47. The third-order valence-corrected chi connectivity index (χ3v) is 4.79. The highest BCUT2D eigenvalue weighted by molar-refractivity contribution is 5.76. The number of aliphatic carboxylic acids is 1. The summed E-state index contributed by atoms with van der Waals surface area (Å²) in [6.07, 6.45) is 5.57. The average molecular weight is 297 g/mol. The van der Waals surface area contributed by atoms with E-state index >= 15 is 0 Å². The van der Waals surface area contributed by atoms with Crippen molar-refractivity contribution in [2.75, 3.05) is 26.7 Å². The second-order valence-electron chi connectivity index (χ2n) is 6.44. The Morgan fingerprint density at radius 3 is 2.48 bits per heavy atom. The number of likely N-dealkylation sites (tertiary alicyclic amines) is 1. The van der Waals surface area contributed by atoms with Crippen LogP contribution in [0.25, 0.3) is 0 Å². The molecule has 0 aromatic heterocycles. The summed E-state index contributed by atoms with van der Waals surface area (Å²) in [5, 5.41) is 15.0. The molecule has 2 aliphatic rings. The van der Waals surface area contributed by atoms with Gasteiger partial charge in [0.1, 0.15) is 0 Å². The van der Waals surface area contributed by atoms with Crippen molar-refractivity contribution in [2.24, 2.45) is 11.8 Å². The van der Waals surface area contributed by atoms with Gasteiger partial charge in [-0.25, -0.2) is 4.79 Å². The van der Waals surface area contributed by atoms with Gasteiger partial charge in [-0.2, -0.15) is 0 Å². The fourth-order valence-corrected chi connectivity index (χ4v) is 3.32. The summed E-state index contributed by atoms with van der Waals surface area (Å²) in [7, 11) is 2.12. The Morgan fingerprint density at radius 1 is 1.14 bits per heavy atom. The normalized spacial score (nSPS) is 28.0. The zero-order chi connectivity index (χ0) is 15.2. The van der Waals surface area contributed by atoms with E-state index in [1.54, 1.807) is 0 Å². The van der Waals surface area contributed by atoms with Crippen LogP contribution in [0, 0.1) is 11.8 Å². The third kappa shape index (κ3) is 4.88. The molecule has 6 heteroatoms. The first-order chi connectivity index (χ1) is 10.1. The van der Waals surface area contributed by atoms with E-state index in [0.29, 0.717) is 18.9 Å². The quantitative estimate of drug-likeness (QED) is 0.730. The van der Waals surface area contributed by atoms with Crippen molar-refractivity contribution in [3.8, 4) is 0 Å². The maximum atomic E-state index is 12.0. The molecule has 0 bridgehead atoms. The van der Waals surface area contributed by atoms with E-state index in [9.17, 15) is 14.7 Å². The molecular formula is C15H27N3O3. The summed E-state index contributed by atoms with van der Waals surface area (Å²) >= 11 is 0. The summed E-state index contributed by atoms with van der Waals surface area (Å²) in [5.74, 6) is -0.697. The van der Waals surface area contributed by atoms with Crippen molar-refractivity contribution in [3.63, 3.8) is 0 Å². The van der Waals surface area contributed by atoms with E-state index in [1.807, 2.05) is 0 Å². The third-order valence-electron chi connectivity index (χ3n) is 4.79. The molecule has 2 fully saturated rings. The van der Waals surface area contributed by atoms with E-state index in [4.69, 9.17) is 0 Å². The molecule has 120 valence electrons. The molecule has 2 atom stereocenters. The van der Waals surface area contributed by atoms with Crippen LogP contribution in [0.2, 0.25) is 0 Å². The summed E-state index contributed by atoms with van der Waals surface area (Å²) in [6.45, 7) is 2.85. The minimum absolute atomic E-state index is 0.216. The summed E-state index contributed by atoms with van der Waals surface area (Å²) in [4.78, 5) is 25.5. The lowest BCUT2D eigenvalue weighted by Gasteiger charge is -2.31. The van der Waals surface area contributed by atoms with E-state index in [2.05, 4.69) is 22.6 Å². The van der Waals surface area contributed by atoms with Crippen LogP contribution < -0.4 is 10.6 Å². The number of nitrogens with one attached hydrogen (secondary N) is 2. The Bertz CT molecular complexity index is 367. The van der Waals surface area contributed by atoms with Gasteiger partial charge in [0, 0.05) is 12.6 Å². The highest BCUT2D eigenvalue weighted by Crippen LogP contribution is 2.24. The molecule has 1 saturated heterocycles. The number of urea groups is 1. The van der Waals surface area contributed by atoms with Crippen molar-refractivity contribution in [2.45, 2.75) is 44.6 Å². The lowest BCUT2D eigenvalue weighted by Crippen LogP contribution is -2.50. The number of piperidine rings is 1. The Hall–Kier alpha value is -1.30. The lowest BCUT2D eigenvalue weighted by molar-refractivity contribution is -0.143. The van der Waals surface area contributed by atoms with Gasteiger partial charge in [0.25, 0.3) is 0 Å². The molecule has 21 heavy (non-hydrogen) atoms. The van der Waals surface area contributed by atoms with Crippen LogP contribution >= 0.6 is 0 Å². The smallest absolute Gasteiger partial charge is 0.315 e. The van der Waals surface area contributed by atoms with Gasteiger partial charge in [-0.15, -0.1) is 0 Å². The van der Waals surface area contributed by atoms with Gasteiger partial charge in [-0.05, 0) is 51.7 Å². The second-order valence-corrected chi connectivity index (χ2v) is 6.44. The molecule has 2 amide bonds. The van der Waals surface area contributed by atoms with Crippen molar-refractivity contribution < 1.29 is 14.7 Å². The minimum Gasteiger partial charge on any atom is -0.481 e. The Labute approximate surface area is 126 Å². The Kier molecular flexibility index (Phi) is 5.85. The minimum atomic E-state index is -0.796. The van der Waals surface area contributed by atoms with Gasteiger partial charge < -0.3 is 20.6 Å². The number of rotatable bonds is 4. The predicted molar refractivity (Wildman–Crippen MR) is 80.1 cm³/mol. The number of carboxylic acids is 1. The lowest BCUT2D eigenvalue weighted by atomic mass is 9.84. The first-order valence-electron chi connectivity index (χ1n) is 8.02. The molecule has 1 heterocycles. The number of hydrogen-bond acceptors (Lipinski definition) is 3. The zero-order valence-corrected chi connectivity index (χ0v) is 12.8. The fourth-order valence-electron chi connectivity index (χ4n) is 3.32. The number of amides is 2. The highest BCUT2D eigenvalue weighted by Gasteiger charge is 2.31. The predicted octanol–water partition coefficient (Wildman–Crippen LogP) is 1.27.